The normalized spacial score (nSPS) is 14.8. The molecule has 0 saturated carbocycles. The van der Waals surface area contributed by atoms with Crippen LogP contribution in [-0.2, 0) is 22.6 Å². The number of carbonyl (C=O) groups excluding carboxylic acids is 2. The highest BCUT2D eigenvalue weighted by Gasteiger charge is 2.24. The number of methoxy groups -OCH3 is 1. The van der Waals surface area contributed by atoms with Crippen molar-refractivity contribution in [3.63, 3.8) is 0 Å². The number of hydrogen-bond acceptors (Lipinski definition) is 4. The molecule has 1 aliphatic heterocycles. The molecule has 25 heavy (non-hydrogen) atoms. The summed E-state index contributed by atoms with van der Waals surface area (Å²) in [5.41, 5.74) is 4.66. The fourth-order valence-electron chi connectivity index (χ4n) is 3.08. The van der Waals surface area contributed by atoms with E-state index in [1.165, 1.54) is 12.7 Å². The number of rotatable bonds is 3. The van der Waals surface area contributed by atoms with Crippen LogP contribution in [0.3, 0.4) is 0 Å². The van der Waals surface area contributed by atoms with Gasteiger partial charge in [0, 0.05) is 25.8 Å². The Labute approximate surface area is 147 Å². The third-order valence-electron chi connectivity index (χ3n) is 4.52. The van der Waals surface area contributed by atoms with Gasteiger partial charge in [-0.25, -0.2) is 4.79 Å². The first-order valence-corrected chi connectivity index (χ1v) is 8.23. The van der Waals surface area contributed by atoms with Gasteiger partial charge in [-0.3, -0.25) is 9.69 Å². The average molecular weight is 338 g/mol. The number of nitrogens with zero attached hydrogens (tertiary/aromatic N) is 2. The second-order valence-electron chi connectivity index (χ2n) is 6.42. The number of benzene rings is 2. The van der Waals surface area contributed by atoms with Gasteiger partial charge in [0.05, 0.1) is 19.2 Å². The molecule has 5 heteroatoms. The van der Waals surface area contributed by atoms with E-state index in [-0.39, 0.29) is 11.9 Å². The van der Waals surface area contributed by atoms with Gasteiger partial charge in [0.15, 0.2) is 0 Å². The number of ether oxygens (including phenoxy) is 1. The van der Waals surface area contributed by atoms with Crippen molar-refractivity contribution in [3.8, 4) is 0 Å². The Morgan fingerprint density at radius 3 is 2.52 bits per heavy atom. The van der Waals surface area contributed by atoms with E-state index >= 15 is 0 Å². The molecule has 130 valence electrons. The van der Waals surface area contributed by atoms with E-state index in [2.05, 4.69) is 36.1 Å². The Balaban J connectivity index is 1.90. The molecule has 0 fully saturated rings. The molecule has 5 nitrogen and oxygen atoms in total. The van der Waals surface area contributed by atoms with Crippen molar-refractivity contribution in [3.05, 3.63) is 64.7 Å². The zero-order valence-corrected chi connectivity index (χ0v) is 14.8. The van der Waals surface area contributed by atoms with Crippen molar-refractivity contribution < 1.29 is 14.3 Å². The van der Waals surface area contributed by atoms with E-state index in [4.69, 9.17) is 4.74 Å². The molecule has 3 rings (SSSR count). The van der Waals surface area contributed by atoms with Crippen LogP contribution in [0.5, 0.6) is 0 Å². The Kier molecular flexibility index (Phi) is 4.86. The molecule has 0 aliphatic carbocycles. The summed E-state index contributed by atoms with van der Waals surface area (Å²) in [4.78, 5) is 28.1. The lowest BCUT2D eigenvalue weighted by molar-refractivity contribution is -0.119. The Morgan fingerprint density at radius 2 is 1.84 bits per heavy atom. The van der Waals surface area contributed by atoms with E-state index in [9.17, 15) is 9.59 Å². The Bertz CT molecular complexity index is 799. The summed E-state index contributed by atoms with van der Waals surface area (Å²) in [6.45, 7) is 3.68. The third-order valence-corrected chi connectivity index (χ3v) is 4.52. The van der Waals surface area contributed by atoms with Crippen LogP contribution in [0.25, 0.3) is 0 Å². The van der Waals surface area contributed by atoms with E-state index in [1.54, 1.807) is 18.0 Å². The van der Waals surface area contributed by atoms with Gasteiger partial charge in [-0.1, -0.05) is 29.8 Å². The summed E-state index contributed by atoms with van der Waals surface area (Å²) in [5, 5.41) is 0. The molecular formula is C20H22N2O3. The largest absolute Gasteiger partial charge is 0.465 e. The molecule has 2 aromatic rings. The van der Waals surface area contributed by atoms with Gasteiger partial charge < -0.3 is 9.64 Å². The molecule has 0 N–H and O–H groups in total. The summed E-state index contributed by atoms with van der Waals surface area (Å²) in [6.07, 6.45) is 0. The summed E-state index contributed by atoms with van der Waals surface area (Å²) in [7, 11) is 3.14. The minimum absolute atomic E-state index is 0.0386. The molecule has 0 spiro atoms. The molecule has 0 saturated heterocycles. The van der Waals surface area contributed by atoms with Gasteiger partial charge in [0.2, 0.25) is 5.91 Å². The lowest BCUT2D eigenvalue weighted by atomic mass is 10.1. The molecule has 1 amide bonds. The molecule has 0 unspecified atom stereocenters. The number of amides is 1. The van der Waals surface area contributed by atoms with E-state index in [1.807, 2.05) is 12.1 Å². The number of fused-ring (bicyclic) bond motifs is 1. The summed E-state index contributed by atoms with van der Waals surface area (Å²) in [5.74, 6) is -0.331. The van der Waals surface area contributed by atoms with E-state index < -0.39 is 0 Å². The van der Waals surface area contributed by atoms with Crippen LogP contribution >= 0.6 is 0 Å². The second kappa shape index (κ2) is 7.07. The van der Waals surface area contributed by atoms with Crippen molar-refractivity contribution in [1.82, 2.24) is 4.90 Å². The summed E-state index contributed by atoms with van der Waals surface area (Å²) < 4.78 is 4.81. The number of carbonyl (C=O) groups is 2. The van der Waals surface area contributed by atoms with Crippen LogP contribution in [0.4, 0.5) is 5.69 Å². The average Bonchev–Trinajstić information content (AvgIpc) is 2.72. The van der Waals surface area contributed by atoms with Gasteiger partial charge in [-0.05, 0) is 36.2 Å². The fraction of sp³-hybridized carbons (Fsp3) is 0.300. The SMILES string of the molecule is COC(=O)c1ccc2c(c1)CN(Cc1ccc(C)cc1)CC(=O)N2C. The minimum atomic E-state index is -0.369. The van der Waals surface area contributed by atoms with Crippen molar-refractivity contribution >= 4 is 17.6 Å². The topological polar surface area (TPSA) is 49.9 Å². The van der Waals surface area contributed by atoms with Crippen LogP contribution in [0, 0.1) is 6.92 Å². The predicted octanol–water partition coefficient (Wildman–Crippen LogP) is 2.76. The molecule has 0 atom stereocenters. The van der Waals surface area contributed by atoms with Crippen molar-refractivity contribution in [2.75, 3.05) is 25.6 Å². The van der Waals surface area contributed by atoms with Crippen LogP contribution in [0.2, 0.25) is 0 Å². The van der Waals surface area contributed by atoms with Gasteiger partial charge in [0.25, 0.3) is 0 Å². The number of anilines is 1. The first-order valence-electron chi connectivity index (χ1n) is 8.23. The number of aryl methyl sites for hydroxylation is 1. The molecule has 0 bridgehead atoms. The molecule has 2 aromatic carbocycles. The summed E-state index contributed by atoms with van der Waals surface area (Å²) >= 11 is 0. The quantitative estimate of drug-likeness (QED) is 0.808. The third kappa shape index (κ3) is 3.72. The van der Waals surface area contributed by atoms with Gasteiger partial charge in [0.1, 0.15) is 0 Å². The monoisotopic (exact) mass is 338 g/mol. The highest BCUT2D eigenvalue weighted by Crippen LogP contribution is 2.27. The van der Waals surface area contributed by atoms with Crippen LogP contribution in [0.15, 0.2) is 42.5 Å². The van der Waals surface area contributed by atoms with Gasteiger partial charge in [-0.15, -0.1) is 0 Å². The molecular weight excluding hydrogens is 316 g/mol. The van der Waals surface area contributed by atoms with E-state index in [0.717, 1.165) is 16.8 Å². The molecule has 1 heterocycles. The number of hydrogen-bond donors (Lipinski definition) is 0. The predicted molar refractivity (Wildman–Crippen MR) is 96.5 cm³/mol. The lowest BCUT2D eigenvalue weighted by Crippen LogP contribution is -2.34. The van der Waals surface area contributed by atoms with Crippen molar-refractivity contribution in [2.45, 2.75) is 20.0 Å². The first-order chi connectivity index (χ1) is 12.0. The van der Waals surface area contributed by atoms with Crippen molar-refractivity contribution in [1.29, 1.82) is 0 Å². The van der Waals surface area contributed by atoms with Crippen LogP contribution < -0.4 is 4.90 Å². The maximum Gasteiger partial charge on any atom is 0.337 e. The van der Waals surface area contributed by atoms with Crippen LogP contribution in [0.1, 0.15) is 27.0 Å². The lowest BCUT2D eigenvalue weighted by Gasteiger charge is -2.19. The van der Waals surface area contributed by atoms with Crippen molar-refractivity contribution in [2.24, 2.45) is 0 Å². The number of likely N-dealkylation sites (N-methyl/N-ethyl adjacent to an activating group) is 1. The molecule has 0 aromatic heterocycles. The summed E-state index contributed by atoms with van der Waals surface area (Å²) in [6, 6.07) is 13.6. The first kappa shape index (κ1) is 17.2. The fourth-order valence-corrected chi connectivity index (χ4v) is 3.08. The highest BCUT2D eigenvalue weighted by atomic mass is 16.5. The zero-order chi connectivity index (χ0) is 18.0. The second-order valence-corrected chi connectivity index (χ2v) is 6.42. The Morgan fingerprint density at radius 1 is 1.12 bits per heavy atom. The molecule has 1 aliphatic rings. The van der Waals surface area contributed by atoms with Crippen LogP contribution in [-0.4, -0.2) is 37.5 Å². The highest BCUT2D eigenvalue weighted by molar-refractivity contribution is 5.97. The van der Waals surface area contributed by atoms with Gasteiger partial charge >= 0.3 is 5.97 Å². The smallest absolute Gasteiger partial charge is 0.337 e. The van der Waals surface area contributed by atoms with Gasteiger partial charge in [-0.2, -0.15) is 0 Å². The molecule has 0 radical (unpaired) electrons. The standard InChI is InChI=1S/C20H22N2O3/c1-14-4-6-15(7-5-14)11-22-12-17-10-16(20(24)25-3)8-9-18(17)21(2)19(23)13-22/h4-10H,11-13H2,1-3H3. The van der Waals surface area contributed by atoms with E-state index in [0.29, 0.717) is 25.2 Å². The minimum Gasteiger partial charge on any atom is -0.465 e. The maximum absolute atomic E-state index is 12.5. The maximum atomic E-state index is 12.5. The zero-order valence-electron chi connectivity index (χ0n) is 14.8. The number of esters is 1. The Hall–Kier alpha value is -2.66.